The molecule has 0 fully saturated rings. The molecule has 0 radical (unpaired) electrons. The van der Waals surface area contributed by atoms with Gasteiger partial charge in [-0.3, -0.25) is 4.79 Å². The van der Waals surface area contributed by atoms with E-state index in [1.54, 1.807) is 45.2 Å². The second-order valence-electron chi connectivity index (χ2n) is 6.59. The van der Waals surface area contributed by atoms with E-state index in [0.717, 1.165) is 16.7 Å². The van der Waals surface area contributed by atoms with Crippen LogP contribution in [0.5, 0.6) is 0 Å². The molecule has 0 aliphatic heterocycles. The molecule has 152 valence electrons. The van der Waals surface area contributed by atoms with Crippen LogP contribution in [-0.2, 0) is 21.4 Å². The van der Waals surface area contributed by atoms with Crippen LogP contribution in [0.25, 0.3) is 0 Å². The van der Waals surface area contributed by atoms with Gasteiger partial charge in [0.05, 0.1) is 11.5 Å². The second-order valence-corrected chi connectivity index (χ2v) is 8.53. The van der Waals surface area contributed by atoms with Crippen molar-refractivity contribution in [3.8, 4) is 0 Å². The maximum absolute atomic E-state index is 12.9. The van der Waals surface area contributed by atoms with Gasteiger partial charge in [0.1, 0.15) is 0 Å². The number of hydrogen-bond acceptors (Lipinski definition) is 4. The Labute approximate surface area is 167 Å². The van der Waals surface area contributed by atoms with Crippen LogP contribution in [0.1, 0.15) is 40.9 Å². The largest absolute Gasteiger partial charge is 0.380 e. The van der Waals surface area contributed by atoms with Crippen LogP contribution in [-0.4, -0.2) is 38.8 Å². The summed E-state index contributed by atoms with van der Waals surface area (Å²) < 4.78 is 32.3. The number of rotatable bonds is 8. The Balaban J connectivity index is 2.40. The zero-order chi connectivity index (χ0) is 20.9. The fourth-order valence-corrected chi connectivity index (χ4v) is 4.55. The van der Waals surface area contributed by atoms with Crippen molar-refractivity contribution in [2.45, 2.75) is 39.2 Å². The van der Waals surface area contributed by atoms with E-state index < -0.39 is 10.0 Å². The van der Waals surface area contributed by atoms with Crippen LogP contribution in [0.15, 0.2) is 41.3 Å². The van der Waals surface area contributed by atoms with Crippen molar-refractivity contribution in [1.82, 2.24) is 4.31 Å². The molecule has 0 aliphatic rings. The van der Waals surface area contributed by atoms with Gasteiger partial charge in [0.25, 0.3) is 5.91 Å². The monoisotopic (exact) mass is 404 g/mol. The first-order valence-electron chi connectivity index (χ1n) is 9.25. The molecule has 0 heterocycles. The lowest BCUT2D eigenvalue weighted by molar-refractivity contribution is 0.102. The Morgan fingerprint density at radius 3 is 2.39 bits per heavy atom. The number of nitrogens with zero attached hydrogens (tertiary/aromatic N) is 1. The summed E-state index contributed by atoms with van der Waals surface area (Å²) in [5.74, 6) is -0.294. The lowest BCUT2D eigenvalue weighted by Crippen LogP contribution is -2.30. The highest BCUT2D eigenvalue weighted by Crippen LogP contribution is 2.26. The summed E-state index contributed by atoms with van der Waals surface area (Å²) in [7, 11) is -2.01. The Hall–Kier alpha value is -2.22. The van der Waals surface area contributed by atoms with Gasteiger partial charge in [-0.15, -0.1) is 0 Å². The van der Waals surface area contributed by atoms with Gasteiger partial charge >= 0.3 is 0 Å². The summed E-state index contributed by atoms with van der Waals surface area (Å²) in [5, 5.41) is 2.86. The summed E-state index contributed by atoms with van der Waals surface area (Å²) in [6.45, 7) is 8.50. The molecule has 0 bridgehead atoms. The van der Waals surface area contributed by atoms with Gasteiger partial charge in [-0.05, 0) is 54.8 Å². The van der Waals surface area contributed by atoms with Gasteiger partial charge in [-0.25, -0.2) is 8.42 Å². The minimum absolute atomic E-state index is 0.183. The maximum atomic E-state index is 12.9. The minimum atomic E-state index is -3.61. The highest BCUT2D eigenvalue weighted by molar-refractivity contribution is 7.89. The van der Waals surface area contributed by atoms with Crippen molar-refractivity contribution in [1.29, 1.82) is 0 Å². The highest BCUT2D eigenvalue weighted by atomic mass is 32.2. The number of nitrogens with one attached hydrogen (secondary N) is 1. The molecule has 0 unspecified atom stereocenters. The Morgan fingerprint density at radius 1 is 1.11 bits per heavy atom. The molecular formula is C21H28N2O4S. The SMILES string of the molecule is CCN(CC)S(=O)(=O)c1cc(C)c(C)c(NC(=O)c2cccc(COC)c2)c1. The Bertz CT molecular complexity index is 951. The number of amides is 1. The molecule has 0 spiro atoms. The molecule has 0 saturated carbocycles. The van der Waals surface area contributed by atoms with Gasteiger partial charge in [0.2, 0.25) is 10.0 Å². The lowest BCUT2D eigenvalue weighted by atomic mass is 10.1. The topological polar surface area (TPSA) is 75.7 Å². The molecule has 0 saturated heterocycles. The zero-order valence-electron chi connectivity index (χ0n) is 17.1. The number of ether oxygens (including phenoxy) is 1. The lowest BCUT2D eigenvalue weighted by Gasteiger charge is -2.20. The van der Waals surface area contributed by atoms with E-state index in [0.29, 0.717) is 30.9 Å². The zero-order valence-corrected chi connectivity index (χ0v) is 17.9. The average Bonchev–Trinajstić information content (AvgIpc) is 2.66. The van der Waals surface area contributed by atoms with Crippen LogP contribution in [0.4, 0.5) is 5.69 Å². The average molecular weight is 405 g/mol. The molecule has 6 nitrogen and oxygen atoms in total. The van der Waals surface area contributed by atoms with Gasteiger partial charge in [0, 0.05) is 31.5 Å². The van der Waals surface area contributed by atoms with E-state index in [4.69, 9.17) is 4.74 Å². The van der Waals surface area contributed by atoms with Crippen LogP contribution in [0.2, 0.25) is 0 Å². The van der Waals surface area contributed by atoms with Gasteiger partial charge in [0.15, 0.2) is 0 Å². The number of aryl methyl sites for hydroxylation is 1. The highest BCUT2D eigenvalue weighted by Gasteiger charge is 2.23. The number of anilines is 1. The predicted octanol–water partition coefficient (Wildman–Crippen LogP) is 3.73. The molecule has 28 heavy (non-hydrogen) atoms. The normalized spacial score (nSPS) is 11.6. The molecule has 0 aliphatic carbocycles. The molecule has 2 aromatic carbocycles. The molecule has 1 N–H and O–H groups in total. The van der Waals surface area contributed by atoms with E-state index in [9.17, 15) is 13.2 Å². The molecule has 0 atom stereocenters. The minimum Gasteiger partial charge on any atom is -0.380 e. The van der Waals surface area contributed by atoms with Crippen molar-refractivity contribution in [3.05, 3.63) is 58.7 Å². The van der Waals surface area contributed by atoms with Crippen molar-refractivity contribution in [2.24, 2.45) is 0 Å². The smallest absolute Gasteiger partial charge is 0.255 e. The third kappa shape index (κ3) is 4.79. The second kappa shape index (κ2) is 9.32. The Kier molecular flexibility index (Phi) is 7.35. The maximum Gasteiger partial charge on any atom is 0.255 e. The van der Waals surface area contributed by atoms with E-state index >= 15 is 0 Å². The first-order valence-corrected chi connectivity index (χ1v) is 10.7. The number of sulfonamides is 1. The quantitative estimate of drug-likeness (QED) is 0.727. The number of benzene rings is 2. The van der Waals surface area contributed by atoms with Crippen molar-refractivity contribution in [3.63, 3.8) is 0 Å². The van der Waals surface area contributed by atoms with Gasteiger partial charge in [-0.1, -0.05) is 26.0 Å². The van der Waals surface area contributed by atoms with Crippen molar-refractivity contribution < 1.29 is 17.9 Å². The van der Waals surface area contributed by atoms with Crippen LogP contribution in [0, 0.1) is 13.8 Å². The number of carbonyl (C=O) groups excluding carboxylic acids is 1. The van der Waals surface area contributed by atoms with Crippen molar-refractivity contribution in [2.75, 3.05) is 25.5 Å². The first kappa shape index (κ1) is 22.1. The summed E-state index contributed by atoms with van der Waals surface area (Å²) in [6, 6.07) is 10.3. The van der Waals surface area contributed by atoms with Gasteiger partial charge < -0.3 is 10.1 Å². The van der Waals surface area contributed by atoms with E-state index in [2.05, 4.69) is 5.32 Å². The summed E-state index contributed by atoms with van der Waals surface area (Å²) in [4.78, 5) is 12.9. The molecule has 7 heteroatoms. The third-order valence-corrected chi connectivity index (χ3v) is 6.76. The van der Waals surface area contributed by atoms with Crippen LogP contribution in [0.3, 0.4) is 0 Å². The molecule has 0 aromatic heterocycles. The van der Waals surface area contributed by atoms with E-state index in [1.165, 1.54) is 10.4 Å². The first-order chi connectivity index (χ1) is 13.2. The molecule has 2 aromatic rings. The van der Waals surface area contributed by atoms with E-state index in [-0.39, 0.29) is 10.8 Å². The molecular weight excluding hydrogens is 376 g/mol. The Morgan fingerprint density at radius 2 is 1.79 bits per heavy atom. The van der Waals surface area contributed by atoms with Crippen LogP contribution >= 0.6 is 0 Å². The summed E-state index contributed by atoms with van der Waals surface area (Å²) in [5.41, 5.74) is 3.51. The number of methoxy groups -OCH3 is 1. The van der Waals surface area contributed by atoms with E-state index in [1.807, 2.05) is 19.9 Å². The predicted molar refractivity (Wildman–Crippen MR) is 111 cm³/mol. The van der Waals surface area contributed by atoms with Crippen molar-refractivity contribution >= 4 is 21.6 Å². The number of hydrogen-bond donors (Lipinski definition) is 1. The molecule has 2 rings (SSSR count). The fraction of sp³-hybridized carbons (Fsp3) is 0.381. The third-order valence-electron chi connectivity index (χ3n) is 4.73. The van der Waals surface area contributed by atoms with Gasteiger partial charge in [-0.2, -0.15) is 4.31 Å². The van der Waals surface area contributed by atoms with Crippen LogP contribution < -0.4 is 5.32 Å². The molecule has 1 amide bonds. The fourth-order valence-electron chi connectivity index (χ4n) is 2.98. The summed E-state index contributed by atoms with van der Waals surface area (Å²) in [6.07, 6.45) is 0. The standard InChI is InChI=1S/C21H28N2O4S/c1-6-23(7-2)28(25,26)19-11-15(3)16(4)20(13-19)22-21(24)18-10-8-9-17(12-18)14-27-5/h8-13H,6-7,14H2,1-5H3,(H,22,24). The number of carbonyl (C=O) groups is 1. The summed E-state index contributed by atoms with van der Waals surface area (Å²) >= 11 is 0.